The van der Waals surface area contributed by atoms with Crippen molar-refractivity contribution in [2.75, 3.05) is 23.1 Å². The quantitative estimate of drug-likeness (QED) is 0.612. The lowest BCUT2D eigenvalue weighted by molar-refractivity contribution is -0.116. The molecule has 0 radical (unpaired) electrons. The molecule has 3 nitrogen and oxygen atoms in total. The normalized spacial score (nSPS) is 10.1. The number of amides is 1. The highest BCUT2D eigenvalue weighted by Gasteiger charge is 2.04. The molecule has 0 bridgehead atoms. The maximum atomic E-state index is 11.6. The van der Waals surface area contributed by atoms with Gasteiger partial charge in [0.2, 0.25) is 5.91 Å². The Kier molecular flexibility index (Phi) is 5.19. The summed E-state index contributed by atoms with van der Waals surface area (Å²) in [7, 11) is 0. The minimum Gasteiger partial charge on any atom is -0.399 e. The van der Waals surface area contributed by atoms with E-state index in [-0.39, 0.29) is 5.91 Å². The maximum Gasteiger partial charge on any atom is 0.224 e. The van der Waals surface area contributed by atoms with Gasteiger partial charge in [0, 0.05) is 17.8 Å². The van der Waals surface area contributed by atoms with Gasteiger partial charge in [0.25, 0.3) is 0 Å². The van der Waals surface area contributed by atoms with Crippen molar-refractivity contribution in [3.8, 4) is 0 Å². The number of carbonyl (C=O) groups is 1. The number of aryl methyl sites for hydroxylation is 1. The third kappa shape index (κ3) is 4.14. The largest absolute Gasteiger partial charge is 0.399 e. The Morgan fingerprint density at radius 2 is 2.25 bits per heavy atom. The number of carbonyl (C=O) groups excluding carboxylic acids is 1. The van der Waals surface area contributed by atoms with Gasteiger partial charge in [-0.3, -0.25) is 4.79 Å². The number of thioether (sulfide) groups is 1. The predicted octanol–water partition coefficient (Wildman–Crippen LogP) is 2.66. The highest BCUT2D eigenvalue weighted by molar-refractivity contribution is 7.98. The number of nitrogens with one attached hydrogen (secondary N) is 1. The van der Waals surface area contributed by atoms with Crippen LogP contribution in [0.15, 0.2) is 18.2 Å². The Labute approximate surface area is 101 Å². The van der Waals surface area contributed by atoms with Gasteiger partial charge in [-0.05, 0) is 43.0 Å². The van der Waals surface area contributed by atoms with Crippen LogP contribution in [0.3, 0.4) is 0 Å². The second kappa shape index (κ2) is 6.43. The van der Waals surface area contributed by atoms with Gasteiger partial charge in [0.15, 0.2) is 0 Å². The minimum atomic E-state index is 0.0581. The Bertz CT molecular complexity index is 366. The summed E-state index contributed by atoms with van der Waals surface area (Å²) in [6.45, 7) is 1.96. The number of hydrogen-bond donors (Lipinski definition) is 2. The van der Waals surface area contributed by atoms with Crippen LogP contribution in [-0.2, 0) is 4.79 Å². The Morgan fingerprint density at radius 3 is 2.94 bits per heavy atom. The molecule has 1 amide bonds. The van der Waals surface area contributed by atoms with E-state index in [1.807, 2.05) is 25.3 Å². The van der Waals surface area contributed by atoms with E-state index in [0.717, 1.165) is 23.4 Å². The monoisotopic (exact) mass is 238 g/mol. The summed E-state index contributed by atoms with van der Waals surface area (Å²) in [6.07, 6.45) is 3.52. The third-order valence-corrected chi connectivity index (χ3v) is 2.98. The van der Waals surface area contributed by atoms with Gasteiger partial charge in [0.05, 0.1) is 0 Å². The summed E-state index contributed by atoms with van der Waals surface area (Å²) in [5.74, 6) is 1.08. The number of nitrogen functional groups attached to an aromatic ring is 1. The molecule has 88 valence electrons. The van der Waals surface area contributed by atoms with Crippen LogP contribution in [0, 0.1) is 6.92 Å². The van der Waals surface area contributed by atoms with E-state index >= 15 is 0 Å². The number of benzene rings is 1. The van der Waals surface area contributed by atoms with E-state index in [1.54, 1.807) is 17.8 Å². The van der Waals surface area contributed by atoms with Crippen LogP contribution >= 0.6 is 11.8 Å². The zero-order valence-corrected chi connectivity index (χ0v) is 10.6. The summed E-state index contributed by atoms with van der Waals surface area (Å²) >= 11 is 1.76. The lowest BCUT2D eigenvalue weighted by atomic mass is 10.1. The maximum absolute atomic E-state index is 11.6. The molecule has 0 unspecified atom stereocenters. The van der Waals surface area contributed by atoms with E-state index in [2.05, 4.69) is 5.32 Å². The van der Waals surface area contributed by atoms with Crippen LogP contribution < -0.4 is 11.1 Å². The van der Waals surface area contributed by atoms with Crippen molar-refractivity contribution in [1.29, 1.82) is 0 Å². The van der Waals surface area contributed by atoms with Crippen molar-refractivity contribution in [2.45, 2.75) is 19.8 Å². The van der Waals surface area contributed by atoms with Gasteiger partial charge in [0.1, 0.15) is 0 Å². The van der Waals surface area contributed by atoms with Crippen molar-refractivity contribution in [2.24, 2.45) is 0 Å². The molecule has 16 heavy (non-hydrogen) atoms. The third-order valence-electron chi connectivity index (χ3n) is 2.29. The van der Waals surface area contributed by atoms with Gasteiger partial charge >= 0.3 is 0 Å². The molecule has 4 heteroatoms. The van der Waals surface area contributed by atoms with Crippen molar-refractivity contribution < 1.29 is 4.79 Å². The van der Waals surface area contributed by atoms with Crippen LogP contribution in [0.1, 0.15) is 18.4 Å². The second-order valence-electron chi connectivity index (χ2n) is 3.72. The van der Waals surface area contributed by atoms with Gasteiger partial charge in [-0.1, -0.05) is 6.07 Å². The molecule has 0 aromatic heterocycles. The highest BCUT2D eigenvalue weighted by atomic mass is 32.2. The van der Waals surface area contributed by atoms with Crippen LogP contribution in [0.4, 0.5) is 11.4 Å². The van der Waals surface area contributed by atoms with Gasteiger partial charge < -0.3 is 11.1 Å². The van der Waals surface area contributed by atoms with Crippen LogP contribution in [-0.4, -0.2) is 17.9 Å². The van der Waals surface area contributed by atoms with Crippen LogP contribution in [0.2, 0.25) is 0 Å². The first kappa shape index (κ1) is 12.9. The van der Waals surface area contributed by atoms with Crippen LogP contribution in [0.5, 0.6) is 0 Å². The van der Waals surface area contributed by atoms with E-state index < -0.39 is 0 Å². The molecule has 0 aliphatic rings. The first-order chi connectivity index (χ1) is 7.63. The van der Waals surface area contributed by atoms with Crippen molar-refractivity contribution >= 4 is 29.0 Å². The zero-order valence-electron chi connectivity index (χ0n) is 9.75. The molecule has 1 aromatic carbocycles. The first-order valence-corrected chi connectivity index (χ1v) is 6.68. The fourth-order valence-electron chi connectivity index (χ4n) is 1.36. The molecule has 1 rings (SSSR count). The summed E-state index contributed by atoms with van der Waals surface area (Å²) in [5, 5.41) is 2.88. The van der Waals surface area contributed by atoms with E-state index in [9.17, 15) is 4.79 Å². The Morgan fingerprint density at radius 1 is 1.50 bits per heavy atom. The van der Waals surface area contributed by atoms with Gasteiger partial charge in [-0.25, -0.2) is 0 Å². The fraction of sp³-hybridized carbons (Fsp3) is 0.417. The standard InChI is InChI=1S/C12H18N2OS/c1-9-5-6-10(13)8-11(9)14-12(15)4-3-7-16-2/h5-6,8H,3-4,7,13H2,1-2H3,(H,14,15). The number of nitrogens with two attached hydrogens (primary N) is 1. The predicted molar refractivity (Wildman–Crippen MR) is 71.8 cm³/mol. The van der Waals surface area contributed by atoms with Gasteiger partial charge in [-0.2, -0.15) is 11.8 Å². The molecule has 0 aliphatic heterocycles. The highest BCUT2D eigenvalue weighted by Crippen LogP contribution is 2.18. The summed E-state index contributed by atoms with van der Waals surface area (Å²) in [4.78, 5) is 11.6. The molecule has 0 fully saturated rings. The molecule has 0 atom stereocenters. The average molecular weight is 238 g/mol. The molecule has 0 aliphatic carbocycles. The first-order valence-electron chi connectivity index (χ1n) is 5.28. The Hall–Kier alpha value is -1.16. The molecule has 0 saturated carbocycles. The molecular weight excluding hydrogens is 220 g/mol. The summed E-state index contributed by atoms with van der Waals surface area (Å²) < 4.78 is 0. The number of hydrogen-bond acceptors (Lipinski definition) is 3. The zero-order chi connectivity index (χ0) is 12.0. The SMILES string of the molecule is CSCCCC(=O)Nc1cc(N)ccc1C. The second-order valence-corrected chi connectivity index (χ2v) is 4.70. The molecule has 1 aromatic rings. The molecule has 0 saturated heterocycles. The molecule has 0 heterocycles. The fourth-order valence-corrected chi connectivity index (χ4v) is 1.80. The molecule has 0 spiro atoms. The lowest BCUT2D eigenvalue weighted by Crippen LogP contribution is -2.12. The van der Waals surface area contributed by atoms with Crippen molar-refractivity contribution in [1.82, 2.24) is 0 Å². The topological polar surface area (TPSA) is 55.1 Å². The minimum absolute atomic E-state index is 0.0581. The van der Waals surface area contributed by atoms with Crippen molar-refractivity contribution in [3.05, 3.63) is 23.8 Å². The number of anilines is 2. The summed E-state index contributed by atoms with van der Waals surface area (Å²) in [5.41, 5.74) is 8.19. The molecular formula is C12H18N2OS. The average Bonchev–Trinajstić information content (AvgIpc) is 2.24. The molecule has 3 N–H and O–H groups in total. The number of rotatable bonds is 5. The summed E-state index contributed by atoms with van der Waals surface area (Å²) in [6, 6.07) is 5.54. The van der Waals surface area contributed by atoms with Gasteiger partial charge in [-0.15, -0.1) is 0 Å². The van der Waals surface area contributed by atoms with E-state index in [4.69, 9.17) is 5.73 Å². The van der Waals surface area contributed by atoms with Crippen molar-refractivity contribution in [3.63, 3.8) is 0 Å². The van der Waals surface area contributed by atoms with E-state index in [1.165, 1.54) is 0 Å². The van der Waals surface area contributed by atoms with Crippen LogP contribution in [0.25, 0.3) is 0 Å². The van der Waals surface area contributed by atoms with E-state index in [0.29, 0.717) is 12.1 Å². The Balaban J connectivity index is 2.52. The smallest absolute Gasteiger partial charge is 0.224 e. The lowest BCUT2D eigenvalue weighted by Gasteiger charge is -2.08.